The molecular formula is C14H23N5O. The highest BCUT2D eigenvalue weighted by Crippen LogP contribution is 2.23. The molecule has 0 spiro atoms. The zero-order valence-corrected chi connectivity index (χ0v) is 12.1. The number of nitrogens with zero attached hydrogens (tertiary/aromatic N) is 2. The Morgan fingerprint density at radius 1 is 1.40 bits per heavy atom. The van der Waals surface area contributed by atoms with Crippen LogP contribution in [0.4, 0.5) is 11.4 Å². The van der Waals surface area contributed by atoms with Gasteiger partial charge in [-0.25, -0.2) is 0 Å². The normalized spacial score (nSPS) is 20.8. The van der Waals surface area contributed by atoms with Crippen molar-refractivity contribution in [2.45, 2.75) is 6.04 Å². The quantitative estimate of drug-likeness (QED) is 0.676. The molecule has 5 N–H and O–H groups in total. The van der Waals surface area contributed by atoms with E-state index in [1.807, 2.05) is 0 Å². The van der Waals surface area contributed by atoms with Gasteiger partial charge in [-0.3, -0.25) is 9.69 Å². The molecular weight excluding hydrogens is 254 g/mol. The molecule has 1 heterocycles. The number of piperazine rings is 1. The standard InChI is InChI=1S/C14H23N5O/c1-18-6-7-19(2)10(9-18)8-17-13-11(14(16)20)4-3-5-12(13)15/h3-5,10,17H,6-9,15H2,1-2H3,(H2,16,20). The van der Waals surface area contributed by atoms with Crippen molar-refractivity contribution in [2.75, 3.05) is 51.3 Å². The molecule has 0 bridgehead atoms. The minimum atomic E-state index is -0.464. The minimum Gasteiger partial charge on any atom is -0.397 e. The number of rotatable bonds is 4. The number of amides is 1. The van der Waals surface area contributed by atoms with E-state index in [9.17, 15) is 4.79 Å². The largest absolute Gasteiger partial charge is 0.397 e. The van der Waals surface area contributed by atoms with Crippen LogP contribution in [0.25, 0.3) is 0 Å². The maximum absolute atomic E-state index is 11.4. The Hall–Kier alpha value is -1.79. The molecule has 1 aliphatic rings. The third kappa shape index (κ3) is 3.20. The molecule has 2 rings (SSSR count). The van der Waals surface area contributed by atoms with Gasteiger partial charge in [0.2, 0.25) is 0 Å². The van der Waals surface area contributed by atoms with E-state index < -0.39 is 5.91 Å². The summed E-state index contributed by atoms with van der Waals surface area (Å²) in [6.07, 6.45) is 0. The van der Waals surface area contributed by atoms with Gasteiger partial charge in [0.05, 0.1) is 16.9 Å². The summed E-state index contributed by atoms with van der Waals surface area (Å²) in [5, 5.41) is 3.29. The molecule has 0 aliphatic carbocycles. The van der Waals surface area contributed by atoms with Crippen LogP contribution in [0.15, 0.2) is 18.2 Å². The third-order valence-electron chi connectivity index (χ3n) is 3.86. The van der Waals surface area contributed by atoms with Crippen molar-refractivity contribution in [3.63, 3.8) is 0 Å². The average Bonchev–Trinajstić information content (AvgIpc) is 2.40. The number of para-hydroxylation sites is 1. The Morgan fingerprint density at radius 3 is 2.85 bits per heavy atom. The number of benzene rings is 1. The molecule has 110 valence electrons. The number of nitrogens with two attached hydrogens (primary N) is 2. The van der Waals surface area contributed by atoms with Gasteiger partial charge in [-0.15, -0.1) is 0 Å². The predicted octanol–water partition coefficient (Wildman–Crippen LogP) is 0.0254. The van der Waals surface area contributed by atoms with Crippen LogP contribution >= 0.6 is 0 Å². The lowest BCUT2D eigenvalue weighted by molar-refractivity contribution is 0.100. The van der Waals surface area contributed by atoms with E-state index in [2.05, 4.69) is 29.2 Å². The van der Waals surface area contributed by atoms with E-state index in [-0.39, 0.29) is 0 Å². The number of carbonyl (C=O) groups is 1. The Balaban J connectivity index is 2.08. The maximum Gasteiger partial charge on any atom is 0.250 e. The van der Waals surface area contributed by atoms with Crippen LogP contribution in [-0.4, -0.2) is 62.0 Å². The number of primary amides is 1. The molecule has 20 heavy (non-hydrogen) atoms. The SMILES string of the molecule is CN1CCN(C)C(CNc2c(N)cccc2C(N)=O)C1. The smallest absolute Gasteiger partial charge is 0.250 e. The summed E-state index contributed by atoms with van der Waals surface area (Å²) in [4.78, 5) is 16.1. The lowest BCUT2D eigenvalue weighted by Gasteiger charge is -2.38. The van der Waals surface area contributed by atoms with Gasteiger partial charge in [-0.05, 0) is 26.2 Å². The van der Waals surface area contributed by atoms with Gasteiger partial charge in [-0.2, -0.15) is 0 Å². The average molecular weight is 277 g/mol. The van der Waals surface area contributed by atoms with Crippen molar-refractivity contribution in [3.05, 3.63) is 23.8 Å². The van der Waals surface area contributed by atoms with Crippen molar-refractivity contribution in [3.8, 4) is 0 Å². The summed E-state index contributed by atoms with van der Waals surface area (Å²) in [6.45, 7) is 3.83. The minimum absolute atomic E-state index is 0.383. The fourth-order valence-corrected chi connectivity index (χ4v) is 2.51. The van der Waals surface area contributed by atoms with Crippen molar-refractivity contribution in [1.29, 1.82) is 0 Å². The Morgan fingerprint density at radius 2 is 2.15 bits per heavy atom. The zero-order chi connectivity index (χ0) is 14.7. The van der Waals surface area contributed by atoms with Crippen LogP contribution in [0.2, 0.25) is 0 Å². The second-order valence-electron chi connectivity index (χ2n) is 5.41. The van der Waals surface area contributed by atoms with Crippen molar-refractivity contribution in [2.24, 2.45) is 5.73 Å². The Labute approximate surface area is 119 Å². The maximum atomic E-state index is 11.4. The van der Waals surface area contributed by atoms with E-state index in [0.717, 1.165) is 26.2 Å². The molecule has 0 radical (unpaired) electrons. The van der Waals surface area contributed by atoms with E-state index >= 15 is 0 Å². The zero-order valence-electron chi connectivity index (χ0n) is 12.1. The van der Waals surface area contributed by atoms with Gasteiger partial charge < -0.3 is 21.7 Å². The monoisotopic (exact) mass is 277 g/mol. The summed E-state index contributed by atoms with van der Waals surface area (Å²) in [5.74, 6) is -0.464. The third-order valence-corrected chi connectivity index (χ3v) is 3.86. The van der Waals surface area contributed by atoms with Crippen LogP contribution in [0.1, 0.15) is 10.4 Å². The molecule has 1 aromatic carbocycles. The number of hydrogen-bond donors (Lipinski definition) is 3. The fraction of sp³-hybridized carbons (Fsp3) is 0.500. The number of nitrogen functional groups attached to an aromatic ring is 1. The molecule has 1 saturated heterocycles. The molecule has 6 heteroatoms. The molecule has 1 fully saturated rings. The fourth-order valence-electron chi connectivity index (χ4n) is 2.51. The van der Waals surface area contributed by atoms with Crippen LogP contribution in [0, 0.1) is 0 Å². The van der Waals surface area contributed by atoms with Gasteiger partial charge in [-0.1, -0.05) is 6.07 Å². The summed E-state index contributed by atoms with van der Waals surface area (Å²) >= 11 is 0. The molecule has 1 aliphatic heterocycles. The number of anilines is 2. The van der Waals surface area contributed by atoms with Gasteiger partial charge in [0.1, 0.15) is 0 Å². The molecule has 6 nitrogen and oxygen atoms in total. The second kappa shape index (κ2) is 6.11. The Bertz CT molecular complexity index is 490. The van der Waals surface area contributed by atoms with E-state index in [1.54, 1.807) is 18.2 Å². The first-order chi connectivity index (χ1) is 9.49. The lowest BCUT2D eigenvalue weighted by atomic mass is 10.1. The van der Waals surface area contributed by atoms with E-state index in [0.29, 0.717) is 23.0 Å². The van der Waals surface area contributed by atoms with Crippen molar-refractivity contribution < 1.29 is 4.79 Å². The number of likely N-dealkylation sites (N-methyl/N-ethyl adjacent to an activating group) is 2. The molecule has 1 amide bonds. The highest BCUT2D eigenvalue weighted by atomic mass is 16.1. The van der Waals surface area contributed by atoms with E-state index in [4.69, 9.17) is 11.5 Å². The van der Waals surface area contributed by atoms with Gasteiger partial charge in [0.15, 0.2) is 0 Å². The van der Waals surface area contributed by atoms with Crippen molar-refractivity contribution >= 4 is 17.3 Å². The lowest BCUT2D eigenvalue weighted by Crippen LogP contribution is -2.52. The molecule has 1 unspecified atom stereocenters. The predicted molar refractivity (Wildman–Crippen MR) is 81.8 cm³/mol. The topological polar surface area (TPSA) is 87.6 Å². The summed E-state index contributed by atoms with van der Waals surface area (Å²) < 4.78 is 0. The molecule has 0 aromatic heterocycles. The summed E-state index contributed by atoms with van der Waals surface area (Å²) in [6, 6.07) is 5.58. The van der Waals surface area contributed by atoms with Crippen LogP contribution in [0.3, 0.4) is 0 Å². The Kier molecular flexibility index (Phi) is 4.46. The number of nitrogens with one attached hydrogen (secondary N) is 1. The number of carbonyl (C=O) groups excluding carboxylic acids is 1. The molecule has 1 aromatic rings. The van der Waals surface area contributed by atoms with Crippen LogP contribution in [0.5, 0.6) is 0 Å². The van der Waals surface area contributed by atoms with Gasteiger partial charge in [0.25, 0.3) is 5.91 Å². The first-order valence-electron chi connectivity index (χ1n) is 6.80. The molecule has 1 atom stereocenters. The van der Waals surface area contributed by atoms with Gasteiger partial charge in [0, 0.05) is 32.2 Å². The highest BCUT2D eigenvalue weighted by molar-refractivity contribution is 6.01. The second-order valence-corrected chi connectivity index (χ2v) is 5.41. The van der Waals surface area contributed by atoms with E-state index in [1.165, 1.54) is 0 Å². The van der Waals surface area contributed by atoms with Gasteiger partial charge >= 0.3 is 0 Å². The summed E-state index contributed by atoms with van der Waals surface area (Å²) in [5.41, 5.74) is 13.0. The number of hydrogen-bond acceptors (Lipinski definition) is 5. The summed E-state index contributed by atoms with van der Waals surface area (Å²) in [7, 11) is 4.23. The first-order valence-corrected chi connectivity index (χ1v) is 6.80. The van der Waals surface area contributed by atoms with Crippen LogP contribution < -0.4 is 16.8 Å². The van der Waals surface area contributed by atoms with Crippen molar-refractivity contribution in [1.82, 2.24) is 9.80 Å². The molecule has 0 saturated carbocycles. The van der Waals surface area contributed by atoms with Crippen LogP contribution in [-0.2, 0) is 0 Å². The highest BCUT2D eigenvalue weighted by Gasteiger charge is 2.22. The first kappa shape index (κ1) is 14.6.